The van der Waals surface area contributed by atoms with Crippen molar-refractivity contribution in [2.45, 2.75) is 20.5 Å². The minimum absolute atomic E-state index is 0.0174. The number of benzene rings is 1. The molecule has 1 aromatic heterocycles. The molecule has 0 aliphatic carbocycles. The van der Waals surface area contributed by atoms with Gasteiger partial charge in [0.1, 0.15) is 0 Å². The summed E-state index contributed by atoms with van der Waals surface area (Å²) in [6.07, 6.45) is 0. The van der Waals surface area contributed by atoms with Gasteiger partial charge in [0.05, 0.1) is 6.61 Å². The normalized spacial score (nSPS) is 10.6. The van der Waals surface area contributed by atoms with Crippen LogP contribution in [0.25, 0.3) is 11.4 Å². The van der Waals surface area contributed by atoms with Gasteiger partial charge in [0.25, 0.3) is 0 Å². The monoisotopic (exact) mass is 292 g/mol. The minimum atomic E-state index is -0.0174. The summed E-state index contributed by atoms with van der Waals surface area (Å²) in [5, 5.41) is 9.22. The summed E-state index contributed by atoms with van der Waals surface area (Å²) in [6, 6.07) is 7.86. The maximum absolute atomic E-state index is 9.22. The summed E-state index contributed by atoms with van der Waals surface area (Å²) < 4.78 is 1.00. The molecule has 0 saturated heterocycles. The Balaban J connectivity index is 2.54. The van der Waals surface area contributed by atoms with Crippen molar-refractivity contribution in [3.8, 4) is 11.4 Å². The van der Waals surface area contributed by atoms with Gasteiger partial charge in [0, 0.05) is 27.0 Å². The van der Waals surface area contributed by atoms with Crippen molar-refractivity contribution in [1.29, 1.82) is 0 Å². The van der Waals surface area contributed by atoms with E-state index in [2.05, 4.69) is 25.9 Å². The number of rotatable bonds is 2. The van der Waals surface area contributed by atoms with E-state index in [0.717, 1.165) is 27.0 Å². The van der Waals surface area contributed by atoms with Crippen LogP contribution in [0.3, 0.4) is 0 Å². The number of aromatic nitrogens is 2. The van der Waals surface area contributed by atoms with Gasteiger partial charge in [0.15, 0.2) is 5.82 Å². The molecule has 1 N–H and O–H groups in total. The average Bonchev–Trinajstić information content (AvgIpc) is 2.28. The van der Waals surface area contributed by atoms with Crippen LogP contribution in [0.1, 0.15) is 17.0 Å². The number of hydrogen-bond donors (Lipinski definition) is 1. The van der Waals surface area contributed by atoms with Crippen molar-refractivity contribution in [3.63, 3.8) is 0 Å². The van der Waals surface area contributed by atoms with Gasteiger partial charge < -0.3 is 5.11 Å². The molecule has 3 nitrogen and oxygen atoms in total. The Hall–Kier alpha value is -1.26. The van der Waals surface area contributed by atoms with E-state index in [1.165, 1.54) is 0 Å². The van der Waals surface area contributed by atoms with E-state index in [4.69, 9.17) is 0 Å². The Morgan fingerprint density at radius 2 is 1.82 bits per heavy atom. The van der Waals surface area contributed by atoms with Crippen molar-refractivity contribution in [2.24, 2.45) is 0 Å². The van der Waals surface area contributed by atoms with E-state index in [9.17, 15) is 5.11 Å². The fourth-order valence-corrected chi connectivity index (χ4v) is 2.12. The lowest BCUT2D eigenvalue weighted by atomic mass is 10.1. The molecule has 0 fully saturated rings. The Morgan fingerprint density at radius 3 is 2.35 bits per heavy atom. The van der Waals surface area contributed by atoms with E-state index in [-0.39, 0.29) is 6.61 Å². The van der Waals surface area contributed by atoms with Crippen LogP contribution in [0.4, 0.5) is 0 Å². The van der Waals surface area contributed by atoms with Crippen LogP contribution >= 0.6 is 15.9 Å². The number of aryl methyl sites for hydroxylation is 2. The van der Waals surface area contributed by atoms with Crippen LogP contribution in [-0.4, -0.2) is 15.1 Å². The molecule has 0 atom stereocenters. The van der Waals surface area contributed by atoms with Gasteiger partial charge in [-0.05, 0) is 26.0 Å². The van der Waals surface area contributed by atoms with Crippen molar-refractivity contribution >= 4 is 15.9 Å². The molecular formula is C13H13BrN2O. The Kier molecular flexibility index (Phi) is 3.54. The zero-order chi connectivity index (χ0) is 12.4. The lowest BCUT2D eigenvalue weighted by Crippen LogP contribution is -2.02. The summed E-state index contributed by atoms with van der Waals surface area (Å²) in [7, 11) is 0. The maximum atomic E-state index is 9.22. The van der Waals surface area contributed by atoms with E-state index >= 15 is 0 Å². The third kappa shape index (κ3) is 2.53. The lowest BCUT2D eigenvalue weighted by Gasteiger charge is -2.08. The van der Waals surface area contributed by atoms with Gasteiger partial charge >= 0.3 is 0 Å². The van der Waals surface area contributed by atoms with E-state index < -0.39 is 0 Å². The molecule has 1 aromatic carbocycles. The Bertz CT molecular complexity index is 532. The van der Waals surface area contributed by atoms with E-state index in [0.29, 0.717) is 5.82 Å². The first-order valence-corrected chi connectivity index (χ1v) is 6.12. The molecule has 0 amide bonds. The third-order valence-electron chi connectivity index (χ3n) is 2.66. The lowest BCUT2D eigenvalue weighted by molar-refractivity contribution is 0.279. The molecule has 4 heteroatoms. The quantitative estimate of drug-likeness (QED) is 0.925. The molecule has 0 unspecified atom stereocenters. The van der Waals surface area contributed by atoms with Crippen LogP contribution in [0.5, 0.6) is 0 Å². The zero-order valence-corrected chi connectivity index (χ0v) is 11.3. The first-order chi connectivity index (χ1) is 8.11. The molecule has 0 spiro atoms. The topological polar surface area (TPSA) is 46.0 Å². The maximum Gasteiger partial charge on any atom is 0.159 e. The SMILES string of the molecule is Cc1nc(-c2cccc(Br)c2)nc(C)c1CO. The highest BCUT2D eigenvalue weighted by Gasteiger charge is 2.09. The second-order valence-electron chi connectivity index (χ2n) is 3.87. The van der Waals surface area contributed by atoms with Crippen LogP contribution in [0.15, 0.2) is 28.7 Å². The Morgan fingerprint density at radius 1 is 1.18 bits per heavy atom. The molecule has 2 rings (SSSR count). The largest absolute Gasteiger partial charge is 0.392 e. The van der Waals surface area contributed by atoms with E-state index in [1.54, 1.807) is 0 Å². The molecule has 0 bridgehead atoms. The first-order valence-electron chi connectivity index (χ1n) is 5.32. The molecule has 88 valence electrons. The van der Waals surface area contributed by atoms with Gasteiger partial charge in [-0.15, -0.1) is 0 Å². The highest BCUT2D eigenvalue weighted by molar-refractivity contribution is 9.10. The molecule has 0 aliphatic rings. The molecule has 0 saturated carbocycles. The minimum Gasteiger partial charge on any atom is -0.392 e. The van der Waals surface area contributed by atoms with Gasteiger partial charge in [0.2, 0.25) is 0 Å². The van der Waals surface area contributed by atoms with Gasteiger partial charge in [-0.2, -0.15) is 0 Å². The van der Waals surface area contributed by atoms with Gasteiger partial charge in [-0.25, -0.2) is 9.97 Å². The number of nitrogens with zero attached hydrogens (tertiary/aromatic N) is 2. The predicted octanol–water partition coefficient (Wildman–Crippen LogP) is 3.02. The van der Waals surface area contributed by atoms with Crippen molar-refractivity contribution in [2.75, 3.05) is 0 Å². The van der Waals surface area contributed by atoms with E-state index in [1.807, 2.05) is 38.1 Å². The number of hydrogen-bond acceptors (Lipinski definition) is 3. The fraction of sp³-hybridized carbons (Fsp3) is 0.231. The third-order valence-corrected chi connectivity index (χ3v) is 3.15. The number of aliphatic hydroxyl groups is 1. The fourth-order valence-electron chi connectivity index (χ4n) is 1.72. The second-order valence-corrected chi connectivity index (χ2v) is 4.78. The highest BCUT2D eigenvalue weighted by atomic mass is 79.9. The standard InChI is InChI=1S/C13H13BrN2O/c1-8-12(7-17)9(2)16-13(15-8)10-4-3-5-11(14)6-10/h3-6,17H,7H2,1-2H3. The Labute approximate surface area is 109 Å². The van der Waals surface area contributed by atoms with Crippen LogP contribution in [0, 0.1) is 13.8 Å². The van der Waals surface area contributed by atoms with Crippen molar-refractivity contribution in [1.82, 2.24) is 9.97 Å². The number of halogens is 1. The molecule has 17 heavy (non-hydrogen) atoms. The summed E-state index contributed by atoms with van der Waals surface area (Å²) in [5.74, 6) is 0.693. The predicted molar refractivity (Wildman–Crippen MR) is 70.6 cm³/mol. The number of aliphatic hydroxyl groups excluding tert-OH is 1. The smallest absolute Gasteiger partial charge is 0.159 e. The van der Waals surface area contributed by atoms with Crippen molar-refractivity contribution in [3.05, 3.63) is 45.7 Å². The second kappa shape index (κ2) is 4.94. The highest BCUT2D eigenvalue weighted by Crippen LogP contribution is 2.22. The molecule has 0 aliphatic heterocycles. The van der Waals surface area contributed by atoms with Crippen LogP contribution in [0.2, 0.25) is 0 Å². The molecule has 1 heterocycles. The molecule has 0 radical (unpaired) electrons. The van der Waals surface area contributed by atoms with Crippen molar-refractivity contribution < 1.29 is 5.11 Å². The summed E-state index contributed by atoms with van der Waals surface area (Å²) in [6.45, 7) is 3.76. The zero-order valence-electron chi connectivity index (χ0n) is 9.74. The summed E-state index contributed by atoms with van der Waals surface area (Å²) >= 11 is 3.43. The summed E-state index contributed by atoms with van der Waals surface area (Å²) in [4.78, 5) is 8.85. The average molecular weight is 293 g/mol. The van der Waals surface area contributed by atoms with Crippen LogP contribution in [-0.2, 0) is 6.61 Å². The van der Waals surface area contributed by atoms with Gasteiger partial charge in [-0.3, -0.25) is 0 Å². The van der Waals surface area contributed by atoms with Crippen LogP contribution < -0.4 is 0 Å². The first kappa shape index (κ1) is 12.2. The summed E-state index contributed by atoms with van der Waals surface area (Å²) in [5.41, 5.74) is 3.43. The molecule has 2 aromatic rings. The van der Waals surface area contributed by atoms with Gasteiger partial charge in [-0.1, -0.05) is 28.1 Å². The molecular weight excluding hydrogens is 280 g/mol.